The van der Waals surface area contributed by atoms with Gasteiger partial charge in [0, 0.05) is 11.6 Å². The van der Waals surface area contributed by atoms with E-state index in [2.05, 4.69) is 15.5 Å². The number of nitrogens with one attached hydrogen (secondary N) is 1. The van der Waals surface area contributed by atoms with Crippen molar-refractivity contribution in [1.29, 1.82) is 0 Å². The molecular formula is C13H14ClN3O3. The van der Waals surface area contributed by atoms with E-state index in [0.29, 0.717) is 40.0 Å². The fourth-order valence-corrected chi connectivity index (χ4v) is 2.14. The number of methoxy groups -OCH3 is 2. The van der Waals surface area contributed by atoms with Gasteiger partial charge in [0.05, 0.1) is 19.2 Å². The van der Waals surface area contributed by atoms with E-state index in [1.54, 1.807) is 19.2 Å². The molecule has 0 unspecified atom stereocenters. The summed E-state index contributed by atoms with van der Waals surface area (Å²) in [5, 5.41) is 7.51. The average Bonchev–Trinajstić information content (AvgIpc) is 3.13. The molecule has 7 heteroatoms. The molecule has 0 amide bonds. The zero-order valence-electron chi connectivity index (χ0n) is 11.1. The maximum Gasteiger partial charge on any atom is 0.322 e. The number of aromatic nitrogens is 2. The highest BCUT2D eigenvalue weighted by Crippen LogP contribution is 2.38. The van der Waals surface area contributed by atoms with E-state index in [-0.39, 0.29) is 0 Å². The van der Waals surface area contributed by atoms with E-state index in [1.165, 1.54) is 7.11 Å². The van der Waals surface area contributed by atoms with Crippen molar-refractivity contribution in [2.45, 2.75) is 18.9 Å². The predicted molar refractivity (Wildman–Crippen MR) is 74.5 cm³/mol. The average molecular weight is 296 g/mol. The van der Waals surface area contributed by atoms with Gasteiger partial charge in [-0.15, -0.1) is 0 Å². The van der Waals surface area contributed by atoms with Crippen LogP contribution in [0.4, 0.5) is 6.01 Å². The zero-order valence-corrected chi connectivity index (χ0v) is 11.9. The van der Waals surface area contributed by atoms with Crippen LogP contribution in [0.1, 0.15) is 12.8 Å². The Morgan fingerprint density at radius 3 is 2.75 bits per heavy atom. The number of benzene rings is 1. The molecule has 1 aliphatic carbocycles. The van der Waals surface area contributed by atoms with Crippen molar-refractivity contribution < 1.29 is 14.0 Å². The third-order valence-electron chi connectivity index (χ3n) is 3.02. The van der Waals surface area contributed by atoms with Crippen LogP contribution in [0.3, 0.4) is 0 Å². The van der Waals surface area contributed by atoms with Crippen LogP contribution >= 0.6 is 11.6 Å². The molecule has 1 aromatic heterocycles. The second-order valence-electron chi connectivity index (χ2n) is 4.54. The molecule has 0 atom stereocenters. The van der Waals surface area contributed by atoms with Gasteiger partial charge in [0.2, 0.25) is 5.82 Å². The van der Waals surface area contributed by atoms with Crippen molar-refractivity contribution in [3.05, 3.63) is 17.2 Å². The Labute approximate surface area is 121 Å². The van der Waals surface area contributed by atoms with Crippen LogP contribution in [0.2, 0.25) is 5.02 Å². The summed E-state index contributed by atoms with van der Waals surface area (Å²) in [6.07, 6.45) is 2.28. The maximum atomic E-state index is 6.16. The molecule has 1 N–H and O–H groups in total. The Morgan fingerprint density at radius 2 is 2.10 bits per heavy atom. The summed E-state index contributed by atoms with van der Waals surface area (Å²) in [5.74, 6) is 1.46. The molecule has 1 fully saturated rings. The Hall–Kier alpha value is -1.95. The Bertz CT molecular complexity index is 625. The van der Waals surface area contributed by atoms with E-state index < -0.39 is 0 Å². The minimum absolute atomic E-state index is 0.424. The lowest BCUT2D eigenvalue weighted by Gasteiger charge is -2.10. The van der Waals surface area contributed by atoms with Crippen LogP contribution < -0.4 is 14.8 Å². The highest BCUT2D eigenvalue weighted by Gasteiger charge is 2.24. The monoisotopic (exact) mass is 295 g/mol. The van der Waals surface area contributed by atoms with Gasteiger partial charge in [-0.05, 0) is 25.0 Å². The minimum atomic E-state index is 0.424. The zero-order chi connectivity index (χ0) is 14.1. The standard InChI is InChI=1S/C13H14ClN3O3/c1-18-10-6-7(5-9(14)11(10)19-2)12-16-13(20-17-12)15-8-3-4-8/h5-6,8H,3-4H2,1-2H3,(H,15,16,17). The van der Waals surface area contributed by atoms with Gasteiger partial charge in [-0.2, -0.15) is 4.98 Å². The lowest BCUT2D eigenvalue weighted by Crippen LogP contribution is -2.00. The fraction of sp³-hybridized carbons (Fsp3) is 0.385. The minimum Gasteiger partial charge on any atom is -0.493 e. The fourth-order valence-electron chi connectivity index (χ4n) is 1.85. The van der Waals surface area contributed by atoms with E-state index in [0.717, 1.165) is 12.8 Å². The summed E-state index contributed by atoms with van der Waals surface area (Å²) >= 11 is 6.16. The number of anilines is 1. The first-order valence-electron chi connectivity index (χ1n) is 6.23. The Balaban J connectivity index is 1.92. The van der Waals surface area contributed by atoms with Gasteiger partial charge < -0.3 is 19.3 Å². The molecule has 0 radical (unpaired) electrons. The van der Waals surface area contributed by atoms with E-state index >= 15 is 0 Å². The molecular weight excluding hydrogens is 282 g/mol. The quantitative estimate of drug-likeness (QED) is 0.914. The molecule has 106 valence electrons. The van der Waals surface area contributed by atoms with Crippen LogP contribution in [-0.4, -0.2) is 30.4 Å². The second kappa shape index (κ2) is 5.20. The molecule has 1 heterocycles. The smallest absolute Gasteiger partial charge is 0.322 e. The molecule has 0 aliphatic heterocycles. The molecule has 0 saturated heterocycles. The summed E-state index contributed by atoms with van der Waals surface area (Å²) in [4.78, 5) is 4.29. The lowest BCUT2D eigenvalue weighted by atomic mass is 10.2. The van der Waals surface area contributed by atoms with Crippen molar-refractivity contribution in [1.82, 2.24) is 10.1 Å². The number of halogens is 1. The Morgan fingerprint density at radius 1 is 1.30 bits per heavy atom. The van der Waals surface area contributed by atoms with Crippen molar-refractivity contribution in [2.75, 3.05) is 19.5 Å². The number of hydrogen-bond donors (Lipinski definition) is 1. The van der Waals surface area contributed by atoms with Crippen LogP contribution in [0.25, 0.3) is 11.4 Å². The summed E-state index contributed by atoms with van der Waals surface area (Å²) in [5.41, 5.74) is 0.709. The van der Waals surface area contributed by atoms with Gasteiger partial charge in [0.15, 0.2) is 11.5 Å². The van der Waals surface area contributed by atoms with E-state index in [9.17, 15) is 0 Å². The van der Waals surface area contributed by atoms with Crippen molar-refractivity contribution >= 4 is 17.6 Å². The largest absolute Gasteiger partial charge is 0.493 e. The molecule has 6 nitrogen and oxygen atoms in total. The third kappa shape index (κ3) is 2.51. The van der Waals surface area contributed by atoms with Crippen LogP contribution in [0, 0.1) is 0 Å². The van der Waals surface area contributed by atoms with Gasteiger partial charge in [-0.3, -0.25) is 0 Å². The van der Waals surface area contributed by atoms with Crippen LogP contribution in [-0.2, 0) is 0 Å². The normalized spacial score (nSPS) is 14.2. The number of ether oxygens (including phenoxy) is 2. The van der Waals surface area contributed by atoms with Gasteiger partial charge in [0.1, 0.15) is 0 Å². The second-order valence-corrected chi connectivity index (χ2v) is 4.94. The summed E-state index contributed by atoms with van der Waals surface area (Å²) in [6.45, 7) is 0. The molecule has 1 saturated carbocycles. The van der Waals surface area contributed by atoms with Crippen LogP contribution in [0.15, 0.2) is 16.7 Å². The van der Waals surface area contributed by atoms with Gasteiger partial charge in [0.25, 0.3) is 0 Å². The number of nitrogens with zero attached hydrogens (tertiary/aromatic N) is 2. The molecule has 1 aliphatic rings. The van der Waals surface area contributed by atoms with Crippen molar-refractivity contribution in [3.63, 3.8) is 0 Å². The molecule has 3 rings (SSSR count). The summed E-state index contributed by atoms with van der Waals surface area (Å²) in [7, 11) is 3.09. The van der Waals surface area contributed by atoms with E-state index in [4.69, 9.17) is 25.6 Å². The lowest BCUT2D eigenvalue weighted by molar-refractivity contribution is 0.355. The van der Waals surface area contributed by atoms with E-state index in [1.807, 2.05) is 0 Å². The molecule has 0 bridgehead atoms. The maximum absolute atomic E-state index is 6.16. The van der Waals surface area contributed by atoms with Crippen LogP contribution in [0.5, 0.6) is 11.5 Å². The SMILES string of the molecule is COc1cc(-c2noc(NC3CC3)n2)cc(Cl)c1OC. The summed E-state index contributed by atoms with van der Waals surface area (Å²) < 4.78 is 15.6. The predicted octanol–water partition coefficient (Wildman–Crippen LogP) is 2.98. The van der Waals surface area contributed by atoms with Gasteiger partial charge >= 0.3 is 6.01 Å². The van der Waals surface area contributed by atoms with Gasteiger partial charge in [-0.25, -0.2) is 0 Å². The summed E-state index contributed by atoms with van der Waals surface area (Å²) in [6, 6.07) is 4.36. The first-order valence-corrected chi connectivity index (χ1v) is 6.61. The topological polar surface area (TPSA) is 69.4 Å². The molecule has 0 spiro atoms. The third-order valence-corrected chi connectivity index (χ3v) is 3.30. The Kier molecular flexibility index (Phi) is 3.40. The molecule has 20 heavy (non-hydrogen) atoms. The number of rotatable bonds is 5. The first-order chi connectivity index (χ1) is 9.71. The highest BCUT2D eigenvalue weighted by atomic mass is 35.5. The van der Waals surface area contributed by atoms with Crippen molar-refractivity contribution in [3.8, 4) is 22.9 Å². The molecule has 2 aromatic rings. The molecule has 1 aromatic carbocycles. The first kappa shape index (κ1) is 13.1. The number of hydrogen-bond acceptors (Lipinski definition) is 6. The van der Waals surface area contributed by atoms with Crippen molar-refractivity contribution in [2.24, 2.45) is 0 Å². The highest BCUT2D eigenvalue weighted by molar-refractivity contribution is 6.32. The van der Waals surface area contributed by atoms with Gasteiger partial charge in [-0.1, -0.05) is 16.8 Å².